The normalized spacial score (nSPS) is 15.1. The van der Waals surface area contributed by atoms with E-state index < -0.39 is 0 Å². The monoisotopic (exact) mass is 346 g/mol. The number of morpholine rings is 1. The van der Waals surface area contributed by atoms with Crippen molar-refractivity contribution in [3.63, 3.8) is 0 Å². The van der Waals surface area contributed by atoms with E-state index in [2.05, 4.69) is 30.7 Å². The molecule has 9 nitrogen and oxygen atoms in total. The molecular formula is C16H22N6O3. The van der Waals surface area contributed by atoms with Crippen molar-refractivity contribution in [1.82, 2.24) is 20.0 Å². The second kappa shape index (κ2) is 8.04. The molecule has 0 atom stereocenters. The Bertz CT molecular complexity index is 726. The molecule has 2 aromatic rings. The van der Waals surface area contributed by atoms with Crippen LogP contribution in [0.4, 0.5) is 11.8 Å². The van der Waals surface area contributed by atoms with Gasteiger partial charge in [0, 0.05) is 37.9 Å². The number of carbonyl (C=O) groups excluding carboxylic acids is 1. The van der Waals surface area contributed by atoms with Gasteiger partial charge in [0.2, 0.25) is 5.95 Å². The van der Waals surface area contributed by atoms with E-state index in [-0.39, 0.29) is 11.6 Å². The quantitative estimate of drug-likeness (QED) is 0.800. The first-order chi connectivity index (χ1) is 12.1. The highest BCUT2D eigenvalue weighted by Gasteiger charge is 2.14. The summed E-state index contributed by atoms with van der Waals surface area (Å²) in [5, 5.41) is 9.58. The second-order valence-electron chi connectivity index (χ2n) is 5.88. The van der Waals surface area contributed by atoms with Crippen LogP contribution in [0, 0.1) is 13.8 Å². The summed E-state index contributed by atoms with van der Waals surface area (Å²) in [5.41, 5.74) is 0.993. The number of nitrogens with one attached hydrogen (secondary N) is 2. The molecule has 0 spiro atoms. The van der Waals surface area contributed by atoms with Crippen LogP contribution in [0.25, 0.3) is 0 Å². The zero-order chi connectivity index (χ0) is 17.6. The van der Waals surface area contributed by atoms with Crippen LogP contribution in [0.5, 0.6) is 0 Å². The molecule has 1 fully saturated rings. The Labute approximate surface area is 145 Å². The molecule has 0 bridgehead atoms. The molecule has 9 heteroatoms. The first kappa shape index (κ1) is 17.3. The van der Waals surface area contributed by atoms with Crippen LogP contribution in [0.3, 0.4) is 0 Å². The number of anilines is 2. The molecule has 0 aliphatic carbocycles. The van der Waals surface area contributed by atoms with Gasteiger partial charge in [0.15, 0.2) is 5.82 Å². The summed E-state index contributed by atoms with van der Waals surface area (Å²) >= 11 is 0. The molecule has 25 heavy (non-hydrogen) atoms. The highest BCUT2D eigenvalue weighted by atomic mass is 16.5. The average Bonchev–Trinajstić information content (AvgIpc) is 3.00. The summed E-state index contributed by atoms with van der Waals surface area (Å²) in [5.74, 6) is 1.07. The lowest BCUT2D eigenvalue weighted by atomic mass is 10.3. The van der Waals surface area contributed by atoms with Crippen molar-refractivity contribution < 1.29 is 14.1 Å². The van der Waals surface area contributed by atoms with Gasteiger partial charge >= 0.3 is 0 Å². The van der Waals surface area contributed by atoms with Crippen molar-refractivity contribution in [2.24, 2.45) is 0 Å². The van der Waals surface area contributed by atoms with Gasteiger partial charge in [-0.3, -0.25) is 9.69 Å². The molecule has 1 saturated heterocycles. The first-order valence-corrected chi connectivity index (χ1v) is 8.24. The van der Waals surface area contributed by atoms with Crippen LogP contribution >= 0.6 is 0 Å². The smallest absolute Gasteiger partial charge is 0.275 e. The van der Waals surface area contributed by atoms with E-state index in [0.717, 1.165) is 32.8 Å². The Morgan fingerprint density at radius 1 is 1.24 bits per heavy atom. The van der Waals surface area contributed by atoms with Gasteiger partial charge in [-0.15, -0.1) is 0 Å². The predicted molar refractivity (Wildman–Crippen MR) is 91.7 cm³/mol. The number of nitrogens with zero attached hydrogens (tertiary/aromatic N) is 4. The molecule has 1 amide bonds. The van der Waals surface area contributed by atoms with Gasteiger partial charge in [-0.2, -0.15) is 0 Å². The van der Waals surface area contributed by atoms with Crippen molar-refractivity contribution in [2.75, 3.05) is 50.0 Å². The second-order valence-corrected chi connectivity index (χ2v) is 5.88. The molecule has 0 unspecified atom stereocenters. The Hall–Kier alpha value is -2.52. The van der Waals surface area contributed by atoms with Crippen LogP contribution in [-0.4, -0.2) is 65.3 Å². The summed E-state index contributed by atoms with van der Waals surface area (Å²) in [7, 11) is 0. The van der Waals surface area contributed by atoms with E-state index in [1.165, 1.54) is 0 Å². The summed E-state index contributed by atoms with van der Waals surface area (Å²) in [4.78, 5) is 23.2. The van der Waals surface area contributed by atoms with Crippen LogP contribution in [0.2, 0.25) is 0 Å². The van der Waals surface area contributed by atoms with Crippen molar-refractivity contribution in [2.45, 2.75) is 13.8 Å². The minimum atomic E-state index is -0.352. The van der Waals surface area contributed by atoms with Crippen LogP contribution in [-0.2, 0) is 4.74 Å². The number of aromatic nitrogens is 3. The lowest BCUT2D eigenvalue weighted by molar-refractivity contribution is 0.0398. The van der Waals surface area contributed by atoms with Crippen LogP contribution < -0.4 is 10.6 Å². The lowest BCUT2D eigenvalue weighted by Crippen LogP contribution is -2.39. The minimum Gasteiger partial charge on any atom is -0.379 e. The number of rotatable bonds is 6. The van der Waals surface area contributed by atoms with Gasteiger partial charge in [-0.1, -0.05) is 5.16 Å². The molecule has 1 aliphatic heterocycles. The number of aryl methyl sites for hydroxylation is 2. The molecular weight excluding hydrogens is 324 g/mol. The van der Waals surface area contributed by atoms with Crippen LogP contribution in [0.15, 0.2) is 16.7 Å². The molecule has 0 saturated carbocycles. The maximum Gasteiger partial charge on any atom is 0.275 e. The van der Waals surface area contributed by atoms with Gasteiger partial charge in [0.25, 0.3) is 5.91 Å². The Balaban J connectivity index is 1.58. The highest BCUT2D eigenvalue weighted by molar-refractivity contribution is 6.02. The lowest BCUT2D eigenvalue weighted by Gasteiger charge is -2.26. The summed E-state index contributed by atoms with van der Waals surface area (Å²) in [6.07, 6.45) is 0. The third-order valence-corrected chi connectivity index (χ3v) is 3.77. The Morgan fingerprint density at radius 3 is 2.76 bits per heavy atom. The maximum absolute atomic E-state index is 12.3. The average molecular weight is 346 g/mol. The fraction of sp³-hybridized carbons (Fsp3) is 0.500. The van der Waals surface area contributed by atoms with Crippen molar-refractivity contribution in [1.29, 1.82) is 0 Å². The zero-order valence-corrected chi connectivity index (χ0v) is 14.4. The number of ether oxygens (including phenoxy) is 1. The van der Waals surface area contributed by atoms with E-state index in [9.17, 15) is 4.79 Å². The van der Waals surface area contributed by atoms with Gasteiger partial charge in [-0.05, 0) is 19.9 Å². The van der Waals surface area contributed by atoms with E-state index in [1.54, 1.807) is 19.1 Å². The van der Waals surface area contributed by atoms with Gasteiger partial charge in [0.05, 0.1) is 13.2 Å². The number of carbonyl (C=O) groups is 1. The Kier molecular flexibility index (Phi) is 5.56. The van der Waals surface area contributed by atoms with Crippen LogP contribution in [0.1, 0.15) is 21.9 Å². The molecule has 1 aliphatic rings. The van der Waals surface area contributed by atoms with E-state index in [1.807, 2.05) is 6.92 Å². The van der Waals surface area contributed by atoms with Crippen molar-refractivity contribution >= 4 is 17.7 Å². The molecule has 0 aromatic carbocycles. The maximum atomic E-state index is 12.3. The Morgan fingerprint density at radius 2 is 2.04 bits per heavy atom. The van der Waals surface area contributed by atoms with E-state index in [0.29, 0.717) is 29.8 Å². The molecule has 3 heterocycles. The molecule has 2 N–H and O–H groups in total. The van der Waals surface area contributed by atoms with E-state index >= 15 is 0 Å². The largest absolute Gasteiger partial charge is 0.379 e. The molecule has 3 rings (SSSR count). The SMILES string of the molecule is Cc1cc(C(=O)Nc2cc(C)on2)nc(NCCN2CCOCC2)n1. The zero-order valence-electron chi connectivity index (χ0n) is 14.4. The third kappa shape index (κ3) is 4.97. The third-order valence-electron chi connectivity index (χ3n) is 3.77. The summed E-state index contributed by atoms with van der Waals surface area (Å²) < 4.78 is 10.3. The van der Waals surface area contributed by atoms with Gasteiger partial charge in [0.1, 0.15) is 11.5 Å². The highest BCUT2D eigenvalue weighted by Crippen LogP contribution is 2.10. The van der Waals surface area contributed by atoms with Crippen molar-refractivity contribution in [3.8, 4) is 0 Å². The summed E-state index contributed by atoms with van der Waals surface area (Å²) in [6.45, 7) is 8.56. The molecule has 134 valence electrons. The predicted octanol–water partition coefficient (Wildman–Crippen LogP) is 1.08. The van der Waals surface area contributed by atoms with Gasteiger partial charge in [-0.25, -0.2) is 9.97 Å². The summed E-state index contributed by atoms with van der Waals surface area (Å²) in [6, 6.07) is 3.28. The fourth-order valence-corrected chi connectivity index (χ4v) is 2.52. The van der Waals surface area contributed by atoms with Crippen molar-refractivity contribution in [3.05, 3.63) is 29.3 Å². The van der Waals surface area contributed by atoms with E-state index in [4.69, 9.17) is 9.26 Å². The first-order valence-electron chi connectivity index (χ1n) is 8.24. The standard InChI is InChI=1S/C16H22N6O3/c1-11-9-13(15(23)20-14-10-12(2)25-21-14)19-16(18-11)17-3-4-22-5-7-24-8-6-22/h9-10H,3-8H2,1-2H3,(H,17,18,19)(H,20,21,23). The number of amides is 1. The molecule has 0 radical (unpaired) electrons. The fourth-order valence-electron chi connectivity index (χ4n) is 2.52. The topological polar surface area (TPSA) is 105 Å². The number of hydrogen-bond acceptors (Lipinski definition) is 8. The molecule has 2 aromatic heterocycles. The number of hydrogen-bond donors (Lipinski definition) is 2. The van der Waals surface area contributed by atoms with Gasteiger partial charge < -0.3 is 19.9 Å². The minimum absolute atomic E-state index is 0.280.